The number of likely N-dealkylation sites (tertiary alicyclic amines) is 2. The highest BCUT2D eigenvalue weighted by atomic mass is 16.5. The molecule has 2 fully saturated rings. The molecule has 0 radical (unpaired) electrons. The maximum Gasteiger partial charge on any atom is 0.219 e. The molecule has 6 heteroatoms. The van der Waals surface area contributed by atoms with Gasteiger partial charge in [0, 0.05) is 56.5 Å². The van der Waals surface area contributed by atoms with Crippen LogP contribution in [0.25, 0.3) is 0 Å². The van der Waals surface area contributed by atoms with E-state index in [2.05, 4.69) is 11.0 Å². The van der Waals surface area contributed by atoms with E-state index < -0.39 is 0 Å². The minimum absolute atomic E-state index is 0.131. The second-order valence-electron chi connectivity index (χ2n) is 7.93. The normalized spacial score (nSPS) is 29.0. The van der Waals surface area contributed by atoms with Gasteiger partial charge in [-0.2, -0.15) is 0 Å². The summed E-state index contributed by atoms with van der Waals surface area (Å²) in [4.78, 5) is 16.0. The lowest BCUT2D eigenvalue weighted by Gasteiger charge is -2.39. The van der Waals surface area contributed by atoms with Crippen molar-refractivity contribution < 1.29 is 19.4 Å². The number of aliphatic hydroxyl groups excluding tert-OH is 1. The largest absolute Gasteiger partial charge is 0.497 e. The summed E-state index contributed by atoms with van der Waals surface area (Å²) >= 11 is 0. The highest BCUT2D eigenvalue weighted by Crippen LogP contribution is 2.50. The van der Waals surface area contributed by atoms with Gasteiger partial charge in [-0.25, -0.2) is 0 Å². The average molecular weight is 360 g/mol. The van der Waals surface area contributed by atoms with E-state index in [1.54, 1.807) is 14.0 Å². The van der Waals surface area contributed by atoms with Gasteiger partial charge >= 0.3 is 0 Å². The number of ether oxygens (including phenoxy) is 2. The molecule has 3 heterocycles. The quantitative estimate of drug-likeness (QED) is 0.885. The number of hydrogen-bond donors (Lipinski definition) is 1. The Kier molecular flexibility index (Phi) is 4.57. The molecular formula is C20H28N2O4. The maximum atomic E-state index is 11.6. The van der Waals surface area contributed by atoms with Crippen LogP contribution in [0, 0.1) is 5.41 Å². The molecule has 1 aromatic carbocycles. The molecule has 3 aliphatic heterocycles. The number of aliphatic hydroxyl groups is 1. The fourth-order valence-corrected chi connectivity index (χ4v) is 4.89. The first-order valence-electron chi connectivity index (χ1n) is 9.47. The van der Waals surface area contributed by atoms with Crippen LogP contribution in [0.1, 0.15) is 31.2 Å². The number of nitrogens with zero attached hydrogens (tertiary/aromatic N) is 2. The van der Waals surface area contributed by atoms with Crippen molar-refractivity contribution in [1.29, 1.82) is 0 Å². The molecule has 26 heavy (non-hydrogen) atoms. The van der Waals surface area contributed by atoms with Gasteiger partial charge in [0.25, 0.3) is 0 Å². The van der Waals surface area contributed by atoms with Crippen LogP contribution in [-0.4, -0.2) is 73.4 Å². The summed E-state index contributed by atoms with van der Waals surface area (Å²) < 4.78 is 11.4. The van der Waals surface area contributed by atoms with E-state index in [1.807, 2.05) is 17.0 Å². The van der Waals surface area contributed by atoms with Crippen molar-refractivity contribution in [2.45, 2.75) is 31.7 Å². The molecule has 0 aliphatic carbocycles. The summed E-state index contributed by atoms with van der Waals surface area (Å²) in [5, 5.41) is 10.2. The van der Waals surface area contributed by atoms with Crippen molar-refractivity contribution >= 4 is 5.91 Å². The van der Waals surface area contributed by atoms with Gasteiger partial charge in [-0.1, -0.05) is 6.07 Å². The van der Waals surface area contributed by atoms with Crippen molar-refractivity contribution in [3.63, 3.8) is 0 Å². The Hall–Kier alpha value is -1.79. The van der Waals surface area contributed by atoms with Crippen LogP contribution in [0.3, 0.4) is 0 Å². The SMILES string of the molecule is COc1ccc2c(c1)OC[C@]1(CO)CN(C3CCN(C(C)=O)CC3)C[C@H]21. The van der Waals surface area contributed by atoms with E-state index in [1.165, 1.54) is 5.56 Å². The molecule has 4 rings (SSSR count). The molecule has 2 saturated heterocycles. The van der Waals surface area contributed by atoms with E-state index in [0.717, 1.165) is 50.5 Å². The first-order chi connectivity index (χ1) is 12.6. The number of amides is 1. The van der Waals surface area contributed by atoms with Crippen molar-refractivity contribution in [2.75, 3.05) is 46.5 Å². The Morgan fingerprint density at radius 2 is 2.15 bits per heavy atom. The summed E-state index contributed by atoms with van der Waals surface area (Å²) in [5.74, 6) is 2.12. The molecule has 0 bridgehead atoms. The van der Waals surface area contributed by atoms with Gasteiger partial charge in [-0.05, 0) is 24.5 Å². The van der Waals surface area contributed by atoms with E-state index in [-0.39, 0.29) is 23.8 Å². The van der Waals surface area contributed by atoms with Crippen LogP contribution in [-0.2, 0) is 4.79 Å². The molecular weight excluding hydrogens is 332 g/mol. The topological polar surface area (TPSA) is 62.2 Å². The van der Waals surface area contributed by atoms with E-state index in [4.69, 9.17) is 9.47 Å². The van der Waals surface area contributed by atoms with Crippen LogP contribution in [0.15, 0.2) is 18.2 Å². The molecule has 0 unspecified atom stereocenters. The summed E-state index contributed by atoms with van der Waals surface area (Å²) in [6.07, 6.45) is 2.01. The Balaban J connectivity index is 1.54. The third kappa shape index (κ3) is 2.85. The summed E-state index contributed by atoms with van der Waals surface area (Å²) in [6.45, 7) is 5.77. The zero-order chi connectivity index (χ0) is 18.3. The predicted octanol–water partition coefficient (Wildman–Crippen LogP) is 1.48. The number of methoxy groups -OCH3 is 1. The lowest BCUT2D eigenvalue weighted by Crippen LogP contribution is -2.47. The lowest BCUT2D eigenvalue weighted by molar-refractivity contribution is -0.130. The zero-order valence-corrected chi connectivity index (χ0v) is 15.6. The van der Waals surface area contributed by atoms with Crippen LogP contribution in [0.5, 0.6) is 11.5 Å². The van der Waals surface area contributed by atoms with Crippen LogP contribution >= 0.6 is 0 Å². The van der Waals surface area contributed by atoms with Gasteiger partial charge in [0.15, 0.2) is 0 Å². The van der Waals surface area contributed by atoms with E-state index in [0.29, 0.717) is 12.6 Å². The monoisotopic (exact) mass is 360 g/mol. The molecule has 0 aromatic heterocycles. The summed E-state index contributed by atoms with van der Waals surface area (Å²) in [7, 11) is 1.66. The summed E-state index contributed by atoms with van der Waals surface area (Å²) in [5.41, 5.74) is 0.939. The Labute approximate surface area is 154 Å². The first-order valence-corrected chi connectivity index (χ1v) is 9.47. The van der Waals surface area contributed by atoms with Crippen LogP contribution in [0.4, 0.5) is 0 Å². The first kappa shape index (κ1) is 17.6. The number of carbonyl (C=O) groups is 1. The fourth-order valence-electron chi connectivity index (χ4n) is 4.89. The third-order valence-electron chi connectivity index (χ3n) is 6.53. The fraction of sp³-hybridized carbons (Fsp3) is 0.650. The van der Waals surface area contributed by atoms with Crippen molar-refractivity contribution in [1.82, 2.24) is 9.80 Å². The maximum absolute atomic E-state index is 11.6. The number of piperidine rings is 1. The molecule has 0 spiro atoms. The highest BCUT2D eigenvalue weighted by molar-refractivity contribution is 5.73. The minimum Gasteiger partial charge on any atom is -0.497 e. The van der Waals surface area contributed by atoms with E-state index >= 15 is 0 Å². The van der Waals surface area contributed by atoms with Gasteiger partial charge < -0.3 is 19.5 Å². The standard InChI is InChI=1S/C20H28N2O4/c1-14(24)21-7-5-15(6-8-21)22-10-18-17-4-3-16(25-2)9-19(17)26-13-20(18,11-22)12-23/h3-4,9,15,18,23H,5-8,10-13H2,1-2H3/t18-,20-/m1/s1. The highest BCUT2D eigenvalue weighted by Gasteiger charge is 2.52. The second kappa shape index (κ2) is 6.74. The third-order valence-corrected chi connectivity index (χ3v) is 6.53. The van der Waals surface area contributed by atoms with Gasteiger partial charge in [0.2, 0.25) is 5.91 Å². The molecule has 2 atom stereocenters. The molecule has 1 amide bonds. The molecule has 0 saturated carbocycles. The van der Waals surface area contributed by atoms with Gasteiger partial charge in [-0.3, -0.25) is 9.69 Å². The lowest BCUT2D eigenvalue weighted by atomic mass is 9.74. The average Bonchev–Trinajstić information content (AvgIpc) is 3.08. The number of hydrogen-bond acceptors (Lipinski definition) is 5. The Bertz CT molecular complexity index is 686. The number of benzene rings is 1. The molecule has 142 valence electrons. The second-order valence-corrected chi connectivity index (χ2v) is 7.93. The summed E-state index contributed by atoms with van der Waals surface area (Å²) in [6, 6.07) is 6.49. The van der Waals surface area contributed by atoms with Gasteiger partial charge in [-0.15, -0.1) is 0 Å². The van der Waals surface area contributed by atoms with Crippen molar-refractivity contribution in [2.24, 2.45) is 5.41 Å². The number of rotatable bonds is 3. The van der Waals surface area contributed by atoms with Crippen LogP contribution in [0.2, 0.25) is 0 Å². The van der Waals surface area contributed by atoms with Crippen LogP contribution < -0.4 is 9.47 Å². The molecule has 1 N–H and O–H groups in total. The number of fused-ring (bicyclic) bond motifs is 3. The molecule has 6 nitrogen and oxygen atoms in total. The Morgan fingerprint density at radius 3 is 2.81 bits per heavy atom. The minimum atomic E-state index is -0.237. The van der Waals surface area contributed by atoms with Crippen molar-refractivity contribution in [3.8, 4) is 11.5 Å². The van der Waals surface area contributed by atoms with Gasteiger partial charge in [0.1, 0.15) is 11.5 Å². The Morgan fingerprint density at radius 1 is 1.38 bits per heavy atom. The smallest absolute Gasteiger partial charge is 0.219 e. The molecule has 1 aromatic rings. The van der Waals surface area contributed by atoms with Crippen molar-refractivity contribution in [3.05, 3.63) is 23.8 Å². The van der Waals surface area contributed by atoms with Gasteiger partial charge in [0.05, 0.1) is 20.3 Å². The predicted molar refractivity (Wildman–Crippen MR) is 97.6 cm³/mol. The number of carbonyl (C=O) groups excluding carboxylic acids is 1. The molecule has 3 aliphatic rings. The zero-order valence-electron chi connectivity index (χ0n) is 15.6. The van der Waals surface area contributed by atoms with E-state index in [9.17, 15) is 9.90 Å².